The molecule has 2 aromatic heterocycles. The fourth-order valence-electron chi connectivity index (χ4n) is 3.01. The van der Waals surface area contributed by atoms with E-state index in [1.807, 2.05) is 20.8 Å². The van der Waals surface area contributed by atoms with E-state index in [0.29, 0.717) is 23.0 Å². The molecule has 0 spiro atoms. The minimum Gasteiger partial charge on any atom is -0.355 e. The maximum Gasteiger partial charge on any atom is 0.332 e. The number of fused-ring (bicyclic) bond motifs is 1. The van der Waals surface area contributed by atoms with Crippen LogP contribution >= 0.6 is 11.8 Å². The number of carbonyl (C=O) groups excluding carboxylic acids is 1. The molecule has 8 nitrogen and oxygen atoms in total. The van der Waals surface area contributed by atoms with E-state index < -0.39 is 11.2 Å². The van der Waals surface area contributed by atoms with Crippen LogP contribution in [0.15, 0.2) is 14.6 Å². The molecule has 146 valence electrons. The molecule has 0 saturated carbocycles. The Morgan fingerprint density at radius 1 is 1.07 bits per heavy atom. The summed E-state index contributed by atoms with van der Waals surface area (Å²) in [6.45, 7) is 6.59. The molecule has 27 heavy (non-hydrogen) atoms. The quantitative estimate of drug-likeness (QED) is 0.770. The van der Waals surface area contributed by atoms with E-state index in [2.05, 4.69) is 15.3 Å². The van der Waals surface area contributed by atoms with E-state index in [1.165, 1.54) is 23.4 Å². The number of hydrogen-bond donors (Lipinski definition) is 1. The molecule has 0 radical (unpaired) electrons. The molecule has 1 saturated heterocycles. The molecule has 9 heteroatoms. The molecule has 1 aliphatic heterocycles. The Hall–Kier alpha value is -2.16. The number of nitrogens with one attached hydrogen (secondary N) is 1. The van der Waals surface area contributed by atoms with Crippen molar-refractivity contribution in [1.82, 2.24) is 24.4 Å². The molecular weight excluding hydrogens is 366 g/mol. The van der Waals surface area contributed by atoms with Crippen LogP contribution < -0.4 is 16.6 Å². The first-order valence-electron chi connectivity index (χ1n) is 9.04. The van der Waals surface area contributed by atoms with Crippen LogP contribution in [-0.4, -0.2) is 36.8 Å². The van der Waals surface area contributed by atoms with Gasteiger partial charge < -0.3 is 5.32 Å². The van der Waals surface area contributed by atoms with Gasteiger partial charge in [0.25, 0.3) is 5.56 Å². The summed E-state index contributed by atoms with van der Waals surface area (Å²) in [5.41, 5.74) is -0.939. The highest BCUT2D eigenvalue weighted by atomic mass is 32.2. The Morgan fingerprint density at radius 2 is 1.78 bits per heavy atom. The second-order valence-corrected chi connectivity index (χ2v) is 9.09. The molecule has 1 amide bonds. The molecule has 0 aromatic carbocycles. The highest BCUT2D eigenvalue weighted by Gasteiger charge is 2.28. The van der Waals surface area contributed by atoms with E-state index in [0.717, 1.165) is 23.8 Å². The van der Waals surface area contributed by atoms with Crippen LogP contribution in [0, 0.1) is 0 Å². The van der Waals surface area contributed by atoms with Gasteiger partial charge in [-0.25, -0.2) is 14.8 Å². The van der Waals surface area contributed by atoms with Gasteiger partial charge >= 0.3 is 5.69 Å². The van der Waals surface area contributed by atoms with E-state index >= 15 is 0 Å². The summed E-state index contributed by atoms with van der Waals surface area (Å²) in [4.78, 5) is 46.8. The second kappa shape index (κ2) is 7.10. The van der Waals surface area contributed by atoms with Gasteiger partial charge in [-0.15, -0.1) is 0 Å². The third kappa shape index (κ3) is 3.65. The maximum absolute atomic E-state index is 12.8. The smallest absolute Gasteiger partial charge is 0.332 e. The van der Waals surface area contributed by atoms with Gasteiger partial charge in [0.05, 0.1) is 5.25 Å². The van der Waals surface area contributed by atoms with Gasteiger partial charge in [0, 0.05) is 26.1 Å². The zero-order chi connectivity index (χ0) is 19.9. The van der Waals surface area contributed by atoms with Gasteiger partial charge in [0.2, 0.25) is 5.91 Å². The highest BCUT2D eigenvalue weighted by molar-refractivity contribution is 8.00. The molecule has 3 rings (SSSR count). The average molecular weight is 391 g/mol. The first-order valence-corrected chi connectivity index (χ1v) is 9.92. The zero-order valence-corrected chi connectivity index (χ0v) is 17.1. The van der Waals surface area contributed by atoms with Gasteiger partial charge in [0.1, 0.15) is 16.2 Å². The monoisotopic (exact) mass is 391 g/mol. The van der Waals surface area contributed by atoms with E-state index in [-0.39, 0.29) is 22.0 Å². The standard InChI is InChI=1S/C18H25N5O3S/c1-18(2,3)16-20-12-11(15(25)23(5)17(26)22(12)4)14(21-16)27-10-8-6-7-9-19-13(10)24/h10H,6-9H2,1-5H3,(H,19,24). The number of carbonyl (C=O) groups is 1. The predicted molar refractivity (Wildman–Crippen MR) is 105 cm³/mol. The van der Waals surface area contributed by atoms with Crippen LogP contribution in [0.1, 0.15) is 45.9 Å². The number of hydrogen-bond acceptors (Lipinski definition) is 6. The fraction of sp³-hybridized carbons (Fsp3) is 0.611. The lowest BCUT2D eigenvalue weighted by Gasteiger charge is -2.20. The summed E-state index contributed by atoms with van der Waals surface area (Å²) in [5, 5.41) is 3.34. The Labute approximate surface area is 161 Å². The molecule has 1 atom stereocenters. The summed E-state index contributed by atoms with van der Waals surface area (Å²) in [5.74, 6) is 0.498. The molecule has 0 bridgehead atoms. The van der Waals surface area contributed by atoms with Gasteiger partial charge in [-0.2, -0.15) is 0 Å². The molecule has 1 unspecified atom stereocenters. The normalized spacial score (nSPS) is 18.4. The largest absolute Gasteiger partial charge is 0.355 e. The molecule has 2 aromatic rings. The fourth-order valence-corrected chi connectivity index (χ4v) is 4.19. The summed E-state index contributed by atoms with van der Waals surface area (Å²) >= 11 is 1.29. The SMILES string of the molecule is Cn1c(=O)c2c(SC3CCCCNC3=O)nc(C(C)(C)C)nc2n(C)c1=O. The van der Waals surface area contributed by atoms with Crippen LogP contribution in [0.2, 0.25) is 0 Å². The van der Waals surface area contributed by atoms with Gasteiger partial charge in [-0.1, -0.05) is 39.0 Å². The number of aromatic nitrogens is 4. The Balaban J connectivity index is 2.27. The minimum absolute atomic E-state index is 0.0387. The van der Waals surface area contributed by atoms with Gasteiger partial charge in [-0.05, 0) is 12.8 Å². The lowest BCUT2D eigenvalue weighted by molar-refractivity contribution is -0.120. The van der Waals surface area contributed by atoms with Gasteiger partial charge in [0.15, 0.2) is 5.65 Å². The Morgan fingerprint density at radius 3 is 2.44 bits per heavy atom. The van der Waals surface area contributed by atoms with Crippen LogP contribution in [-0.2, 0) is 24.3 Å². The van der Waals surface area contributed by atoms with Gasteiger partial charge in [-0.3, -0.25) is 18.7 Å². The van der Waals surface area contributed by atoms with E-state index in [1.54, 1.807) is 7.05 Å². The number of aryl methyl sites for hydroxylation is 1. The summed E-state index contributed by atoms with van der Waals surface area (Å²) in [6, 6.07) is 0. The highest BCUT2D eigenvalue weighted by Crippen LogP contribution is 2.32. The van der Waals surface area contributed by atoms with E-state index in [4.69, 9.17) is 0 Å². The van der Waals surface area contributed by atoms with E-state index in [9.17, 15) is 14.4 Å². The minimum atomic E-state index is -0.440. The predicted octanol–water partition coefficient (Wildman–Crippen LogP) is 1.09. The van der Waals surface area contributed by atoms with Crippen molar-refractivity contribution in [2.24, 2.45) is 14.1 Å². The van der Waals surface area contributed by atoms with Crippen LogP contribution in [0.3, 0.4) is 0 Å². The Kier molecular flexibility index (Phi) is 5.16. The van der Waals surface area contributed by atoms with Crippen molar-refractivity contribution in [1.29, 1.82) is 0 Å². The first kappa shape index (κ1) is 19.6. The second-order valence-electron chi connectivity index (χ2n) is 7.90. The molecule has 0 aliphatic carbocycles. The zero-order valence-electron chi connectivity index (χ0n) is 16.3. The first-order chi connectivity index (χ1) is 12.6. The van der Waals surface area contributed by atoms with Crippen molar-refractivity contribution in [2.45, 2.75) is 55.7 Å². The van der Waals surface area contributed by atoms with Crippen molar-refractivity contribution in [3.8, 4) is 0 Å². The molecule has 3 heterocycles. The molecule has 1 aliphatic rings. The maximum atomic E-state index is 12.8. The van der Waals surface area contributed by atoms with Crippen molar-refractivity contribution in [3.05, 3.63) is 26.7 Å². The van der Waals surface area contributed by atoms with Crippen LogP contribution in [0.4, 0.5) is 0 Å². The lowest BCUT2D eigenvalue weighted by Crippen LogP contribution is -2.38. The molecule has 1 N–H and O–H groups in total. The van der Waals surface area contributed by atoms with Crippen molar-refractivity contribution < 1.29 is 4.79 Å². The summed E-state index contributed by atoms with van der Waals surface area (Å²) in [6.07, 6.45) is 2.60. The summed E-state index contributed by atoms with van der Waals surface area (Å²) < 4.78 is 2.42. The van der Waals surface area contributed by atoms with Crippen molar-refractivity contribution in [2.75, 3.05) is 6.54 Å². The molecular formula is C18H25N5O3S. The molecule has 1 fully saturated rings. The summed E-state index contributed by atoms with van der Waals surface area (Å²) in [7, 11) is 3.03. The topological polar surface area (TPSA) is 98.9 Å². The van der Waals surface area contributed by atoms with Crippen LogP contribution in [0.5, 0.6) is 0 Å². The average Bonchev–Trinajstić information content (AvgIpc) is 2.81. The third-order valence-corrected chi connectivity index (χ3v) is 5.93. The number of nitrogens with zero attached hydrogens (tertiary/aromatic N) is 4. The third-order valence-electron chi connectivity index (χ3n) is 4.68. The van der Waals surface area contributed by atoms with Crippen LogP contribution in [0.25, 0.3) is 11.0 Å². The number of rotatable bonds is 2. The lowest BCUT2D eigenvalue weighted by atomic mass is 9.96. The Bertz CT molecular complexity index is 1020. The van der Waals surface area contributed by atoms with Crippen molar-refractivity contribution >= 4 is 28.7 Å². The van der Waals surface area contributed by atoms with Crippen molar-refractivity contribution in [3.63, 3.8) is 0 Å². The number of amides is 1. The number of thioether (sulfide) groups is 1.